The van der Waals surface area contributed by atoms with E-state index in [1.54, 1.807) is 19.0 Å². The van der Waals surface area contributed by atoms with Crippen LogP contribution in [0.5, 0.6) is 0 Å². The third-order valence-electron chi connectivity index (χ3n) is 4.47. The van der Waals surface area contributed by atoms with Gasteiger partial charge in [-0.3, -0.25) is 9.48 Å². The summed E-state index contributed by atoms with van der Waals surface area (Å²) >= 11 is 6.04. The molecule has 0 fully saturated rings. The van der Waals surface area contributed by atoms with Gasteiger partial charge in [-0.2, -0.15) is 5.10 Å². The van der Waals surface area contributed by atoms with Crippen molar-refractivity contribution in [1.29, 1.82) is 0 Å². The zero-order chi connectivity index (χ0) is 19.9. The average molecular weight is 397 g/mol. The Morgan fingerprint density at radius 1 is 1.11 bits per heavy atom. The molecule has 0 aliphatic heterocycles. The van der Waals surface area contributed by atoms with Crippen molar-refractivity contribution in [3.8, 4) is 11.3 Å². The van der Waals surface area contributed by atoms with Crippen molar-refractivity contribution in [2.45, 2.75) is 19.5 Å². The van der Waals surface area contributed by atoms with E-state index in [9.17, 15) is 4.79 Å². The molecular formula is C22H25ClN4O. The highest BCUT2D eigenvalue weighted by Gasteiger charge is 2.12. The standard InChI is InChI=1S/C22H25ClN4O/c1-26(2)21(28)12-13-24-14-19-16-27(15-17-6-4-3-5-7-17)25-22(19)18-8-10-20(23)11-9-18/h3-11,16,24H,12-15H2,1-2H3. The molecule has 0 saturated heterocycles. The van der Waals surface area contributed by atoms with E-state index in [1.807, 2.05) is 47.1 Å². The zero-order valence-corrected chi connectivity index (χ0v) is 17.0. The molecule has 6 heteroatoms. The molecule has 0 saturated carbocycles. The van der Waals surface area contributed by atoms with E-state index in [1.165, 1.54) is 5.56 Å². The molecular weight excluding hydrogens is 372 g/mol. The summed E-state index contributed by atoms with van der Waals surface area (Å²) in [7, 11) is 3.54. The molecule has 3 rings (SSSR count). The first-order chi connectivity index (χ1) is 13.5. The predicted octanol–water partition coefficient (Wildman–Crippen LogP) is 3.82. The minimum Gasteiger partial charge on any atom is -0.349 e. The van der Waals surface area contributed by atoms with Gasteiger partial charge in [0.2, 0.25) is 5.91 Å². The van der Waals surface area contributed by atoms with Gasteiger partial charge in [0, 0.05) is 56.0 Å². The molecule has 0 atom stereocenters. The molecule has 28 heavy (non-hydrogen) atoms. The highest BCUT2D eigenvalue weighted by molar-refractivity contribution is 6.30. The van der Waals surface area contributed by atoms with Crippen LogP contribution in [0.4, 0.5) is 0 Å². The van der Waals surface area contributed by atoms with Crippen LogP contribution in [0, 0.1) is 0 Å². The van der Waals surface area contributed by atoms with Crippen molar-refractivity contribution in [2.24, 2.45) is 0 Å². The first-order valence-electron chi connectivity index (χ1n) is 9.30. The van der Waals surface area contributed by atoms with Gasteiger partial charge in [0.25, 0.3) is 0 Å². The van der Waals surface area contributed by atoms with Crippen LogP contribution in [0.15, 0.2) is 60.8 Å². The number of nitrogens with zero attached hydrogens (tertiary/aromatic N) is 3. The van der Waals surface area contributed by atoms with E-state index >= 15 is 0 Å². The Hall–Kier alpha value is -2.63. The zero-order valence-electron chi connectivity index (χ0n) is 16.2. The second-order valence-electron chi connectivity index (χ2n) is 6.91. The first-order valence-corrected chi connectivity index (χ1v) is 9.68. The van der Waals surface area contributed by atoms with Crippen molar-refractivity contribution in [1.82, 2.24) is 20.0 Å². The lowest BCUT2D eigenvalue weighted by molar-refractivity contribution is -0.128. The fraction of sp³-hybridized carbons (Fsp3) is 0.273. The van der Waals surface area contributed by atoms with E-state index in [0.29, 0.717) is 31.1 Å². The topological polar surface area (TPSA) is 50.2 Å². The number of carbonyl (C=O) groups excluding carboxylic acids is 1. The van der Waals surface area contributed by atoms with Crippen LogP contribution in [-0.4, -0.2) is 41.2 Å². The van der Waals surface area contributed by atoms with Crippen molar-refractivity contribution in [3.05, 3.63) is 76.9 Å². The molecule has 0 spiro atoms. The Bertz CT molecular complexity index is 904. The van der Waals surface area contributed by atoms with Gasteiger partial charge in [-0.25, -0.2) is 0 Å². The van der Waals surface area contributed by atoms with Crippen LogP contribution in [0.3, 0.4) is 0 Å². The van der Waals surface area contributed by atoms with Gasteiger partial charge in [-0.1, -0.05) is 54.1 Å². The van der Waals surface area contributed by atoms with Crippen LogP contribution in [0.25, 0.3) is 11.3 Å². The quantitative estimate of drug-likeness (QED) is 0.589. The number of rotatable bonds is 8. The summed E-state index contributed by atoms with van der Waals surface area (Å²) in [5, 5.41) is 8.87. The summed E-state index contributed by atoms with van der Waals surface area (Å²) in [5.74, 6) is 0.116. The van der Waals surface area contributed by atoms with Gasteiger partial charge in [0.1, 0.15) is 0 Å². The number of hydrogen-bond acceptors (Lipinski definition) is 3. The van der Waals surface area contributed by atoms with Crippen LogP contribution in [0.1, 0.15) is 17.5 Å². The number of halogens is 1. The first kappa shape index (κ1) is 20.1. The lowest BCUT2D eigenvalue weighted by atomic mass is 10.1. The van der Waals surface area contributed by atoms with Gasteiger partial charge in [0.05, 0.1) is 12.2 Å². The molecule has 1 N–H and O–H groups in total. The Morgan fingerprint density at radius 2 is 1.82 bits per heavy atom. The van der Waals surface area contributed by atoms with E-state index in [4.69, 9.17) is 16.7 Å². The third kappa shape index (κ3) is 5.44. The Balaban J connectivity index is 1.76. The second kappa shape index (κ2) is 9.53. The van der Waals surface area contributed by atoms with E-state index in [0.717, 1.165) is 16.8 Å². The summed E-state index contributed by atoms with van der Waals surface area (Å²) in [6.07, 6.45) is 2.54. The summed E-state index contributed by atoms with van der Waals surface area (Å²) in [6.45, 7) is 1.98. The highest BCUT2D eigenvalue weighted by Crippen LogP contribution is 2.24. The van der Waals surface area contributed by atoms with Gasteiger partial charge >= 0.3 is 0 Å². The normalized spacial score (nSPS) is 10.8. The molecule has 1 heterocycles. The van der Waals surface area contributed by atoms with Crippen molar-refractivity contribution in [3.63, 3.8) is 0 Å². The monoisotopic (exact) mass is 396 g/mol. The predicted molar refractivity (Wildman–Crippen MR) is 113 cm³/mol. The fourth-order valence-electron chi connectivity index (χ4n) is 2.94. The summed E-state index contributed by atoms with van der Waals surface area (Å²) in [5.41, 5.74) is 4.25. The third-order valence-corrected chi connectivity index (χ3v) is 4.72. The molecule has 0 radical (unpaired) electrons. The number of hydrogen-bond donors (Lipinski definition) is 1. The van der Waals surface area contributed by atoms with Gasteiger partial charge in [0.15, 0.2) is 0 Å². The summed E-state index contributed by atoms with van der Waals surface area (Å²) in [6, 6.07) is 18.0. The number of aromatic nitrogens is 2. The highest BCUT2D eigenvalue weighted by atomic mass is 35.5. The van der Waals surface area contributed by atoms with Gasteiger partial charge in [-0.15, -0.1) is 0 Å². The Kier molecular flexibility index (Phi) is 6.85. The van der Waals surface area contributed by atoms with Crippen molar-refractivity contribution in [2.75, 3.05) is 20.6 Å². The molecule has 5 nitrogen and oxygen atoms in total. The molecule has 1 amide bonds. The average Bonchev–Trinajstić information content (AvgIpc) is 3.08. The lowest BCUT2D eigenvalue weighted by Gasteiger charge is -2.10. The minimum atomic E-state index is 0.116. The molecule has 2 aromatic carbocycles. The number of amides is 1. The smallest absolute Gasteiger partial charge is 0.223 e. The van der Waals surface area contributed by atoms with Crippen LogP contribution in [-0.2, 0) is 17.9 Å². The molecule has 146 valence electrons. The molecule has 0 aliphatic rings. The van der Waals surface area contributed by atoms with E-state index < -0.39 is 0 Å². The van der Waals surface area contributed by atoms with E-state index in [2.05, 4.69) is 23.6 Å². The Morgan fingerprint density at radius 3 is 2.50 bits per heavy atom. The molecule has 0 bridgehead atoms. The maximum atomic E-state index is 11.7. The lowest BCUT2D eigenvalue weighted by Crippen LogP contribution is -2.26. The van der Waals surface area contributed by atoms with Crippen LogP contribution < -0.4 is 5.32 Å². The molecule has 0 unspecified atom stereocenters. The summed E-state index contributed by atoms with van der Waals surface area (Å²) in [4.78, 5) is 13.3. The maximum Gasteiger partial charge on any atom is 0.223 e. The molecule has 1 aromatic heterocycles. The minimum absolute atomic E-state index is 0.116. The van der Waals surface area contributed by atoms with Crippen LogP contribution >= 0.6 is 11.6 Å². The van der Waals surface area contributed by atoms with Gasteiger partial charge in [-0.05, 0) is 17.7 Å². The van der Waals surface area contributed by atoms with Crippen molar-refractivity contribution < 1.29 is 4.79 Å². The molecule has 0 aliphatic carbocycles. The largest absolute Gasteiger partial charge is 0.349 e. The number of carbonyl (C=O) groups is 1. The Labute approximate surface area is 170 Å². The second-order valence-corrected chi connectivity index (χ2v) is 7.34. The number of nitrogens with one attached hydrogen (secondary N) is 1. The number of benzene rings is 2. The SMILES string of the molecule is CN(C)C(=O)CCNCc1cn(Cc2ccccc2)nc1-c1ccc(Cl)cc1. The van der Waals surface area contributed by atoms with Crippen molar-refractivity contribution >= 4 is 17.5 Å². The van der Waals surface area contributed by atoms with Gasteiger partial charge < -0.3 is 10.2 Å². The fourth-order valence-corrected chi connectivity index (χ4v) is 3.06. The van der Waals surface area contributed by atoms with E-state index in [-0.39, 0.29) is 5.91 Å². The molecule has 3 aromatic rings. The summed E-state index contributed by atoms with van der Waals surface area (Å²) < 4.78 is 1.96. The van der Waals surface area contributed by atoms with Crippen LogP contribution in [0.2, 0.25) is 5.02 Å². The maximum absolute atomic E-state index is 11.7.